The molecule has 0 aromatic rings. The van der Waals surface area contributed by atoms with E-state index in [1.807, 2.05) is 0 Å². The van der Waals surface area contributed by atoms with Crippen LogP contribution in [-0.2, 0) is 0 Å². The van der Waals surface area contributed by atoms with Crippen molar-refractivity contribution in [2.75, 3.05) is 20.6 Å². The molecule has 0 fully saturated rings. The molecule has 2 atom stereocenters. The number of hydrogen-bond donors (Lipinski definition) is 0. The van der Waals surface area contributed by atoms with Gasteiger partial charge in [0.05, 0.1) is 0 Å². The van der Waals surface area contributed by atoms with Crippen molar-refractivity contribution < 1.29 is 0 Å². The summed E-state index contributed by atoms with van der Waals surface area (Å²) < 4.78 is 0. The summed E-state index contributed by atoms with van der Waals surface area (Å²) in [5.74, 6) is 1.73. The molecule has 0 spiro atoms. The van der Waals surface area contributed by atoms with Crippen LogP contribution < -0.4 is 0 Å². The first-order chi connectivity index (χ1) is 6.38. The molecule has 0 aromatic heterocycles. The largest absolute Gasteiger partial charge is 0.309 e. The molecule has 2 unspecified atom stereocenters. The minimum Gasteiger partial charge on any atom is -0.309 e. The van der Waals surface area contributed by atoms with E-state index in [1.165, 1.54) is 29.6 Å². The molecular formula is C12H29NSi. The Balaban J connectivity index is 4.65. The van der Waals surface area contributed by atoms with Crippen molar-refractivity contribution in [2.24, 2.45) is 11.8 Å². The maximum atomic E-state index is 2.43. The monoisotopic (exact) mass is 215 g/mol. The Hall–Kier alpha value is 0.177. The SMILES string of the molecule is CCC(C)C([SiH3])(CN(C)C)C(C)CC. The number of rotatable bonds is 6. The van der Waals surface area contributed by atoms with Crippen molar-refractivity contribution in [1.29, 1.82) is 0 Å². The van der Waals surface area contributed by atoms with Crippen molar-refractivity contribution in [2.45, 2.75) is 45.6 Å². The number of nitrogens with zero attached hydrogens (tertiary/aromatic N) is 1. The predicted molar refractivity (Wildman–Crippen MR) is 70.1 cm³/mol. The average molecular weight is 215 g/mol. The Labute approximate surface area is 93.7 Å². The van der Waals surface area contributed by atoms with E-state index in [2.05, 4.69) is 46.7 Å². The van der Waals surface area contributed by atoms with Gasteiger partial charge in [-0.05, 0) is 31.0 Å². The molecule has 0 radical (unpaired) electrons. The van der Waals surface area contributed by atoms with E-state index in [0.29, 0.717) is 5.04 Å². The lowest BCUT2D eigenvalue weighted by Gasteiger charge is -2.42. The highest BCUT2D eigenvalue weighted by atomic mass is 28.1. The van der Waals surface area contributed by atoms with Crippen LogP contribution in [0.4, 0.5) is 0 Å². The van der Waals surface area contributed by atoms with Crippen LogP contribution in [0.5, 0.6) is 0 Å². The van der Waals surface area contributed by atoms with Crippen molar-refractivity contribution in [3.8, 4) is 0 Å². The second kappa shape index (κ2) is 5.91. The summed E-state index contributed by atoms with van der Waals surface area (Å²) in [5, 5.41) is 0.604. The van der Waals surface area contributed by atoms with E-state index in [-0.39, 0.29) is 0 Å². The summed E-state index contributed by atoms with van der Waals surface area (Å²) in [7, 11) is 5.72. The summed E-state index contributed by atoms with van der Waals surface area (Å²) in [6.07, 6.45) is 2.64. The smallest absolute Gasteiger partial charge is 0.0130 e. The normalized spacial score (nSPS) is 20.8. The zero-order valence-corrected chi connectivity index (χ0v) is 13.2. The van der Waals surface area contributed by atoms with Crippen LogP contribution in [0.1, 0.15) is 40.5 Å². The van der Waals surface area contributed by atoms with Crippen LogP contribution in [0.2, 0.25) is 5.04 Å². The fraction of sp³-hybridized carbons (Fsp3) is 1.00. The first-order valence-electron chi connectivity index (χ1n) is 6.03. The van der Waals surface area contributed by atoms with Crippen molar-refractivity contribution in [3.63, 3.8) is 0 Å². The molecule has 86 valence electrons. The first-order valence-corrected chi connectivity index (χ1v) is 7.03. The van der Waals surface area contributed by atoms with Gasteiger partial charge in [-0.15, -0.1) is 0 Å². The Bertz CT molecular complexity index is 146. The van der Waals surface area contributed by atoms with Gasteiger partial charge in [0.25, 0.3) is 0 Å². The third-order valence-electron chi connectivity index (χ3n) is 4.13. The second-order valence-corrected chi connectivity index (χ2v) is 7.22. The molecule has 0 amide bonds. The molecule has 0 N–H and O–H groups in total. The maximum absolute atomic E-state index is 2.43. The van der Waals surface area contributed by atoms with Crippen molar-refractivity contribution in [3.05, 3.63) is 0 Å². The lowest BCUT2D eigenvalue weighted by molar-refractivity contribution is 0.203. The van der Waals surface area contributed by atoms with Gasteiger partial charge < -0.3 is 4.90 Å². The minimum atomic E-state index is 0.604. The molecule has 0 saturated heterocycles. The standard InChI is InChI=1S/C12H29NSi/c1-7-10(3)12(14,9-13(5)6)11(4)8-2/h10-11H,7-9H2,1-6,14H3. The van der Waals surface area contributed by atoms with Gasteiger partial charge in [-0.3, -0.25) is 0 Å². The number of hydrogen-bond acceptors (Lipinski definition) is 1. The van der Waals surface area contributed by atoms with Crippen LogP contribution in [0, 0.1) is 11.8 Å². The quantitative estimate of drug-likeness (QED) is 0.614. The highest BCUT2D eigenvalue weighted by Crippen LogP contribution is 2.43. The minimum absolute atomic E-state index is 0.604. The van der Waals surface area contributed by atoms with E-state index in [4.69, 9.17) is 0 Å². The topological polar surface area (TPSA) is 3.24 Å². The van der Waals surface area contributed by atoms with Gasteiger partial charge >= 0.3 is 0 Å². The molecule has 0 aliphatic rings. The second-order valence-electron chi connectivity index (χ2n) is 5.36. The molecule has 0 aliphatic heterocycles. The van der Waals surface area contributed by atoms with Crippen LogP contribution in [0.25, 0.3) is 0 Å². The van der Waals surface area contributed by atoms with Gasteiger partial charge in [0, 0.05) is 16.8 Å². The molecule has 0 bridgehead atoms. The lowest BCUT2D eigenvalue weighted by Crippen LogP contribution is -2.38. The van der Waals surface area contributed by atoms with Crippen LogP contribution in [0.15, 0.2) is 0 Å². The molecule has 1 nitrogen and oxygen atoms in total. The molecule has 0 aromatic carbocycles. The first kappa shape index (κ1) is 14.2. The fourth-order valence-corrected chi connectivity index (χ4v) is 3.86. The third-order valence-corrected chi connectivity index (χ3v) is 6.42. The van der Waals surface area contributed by atoms with Gasteiger partial charge in [-0.1, -0.05) is 40.5 Å². The van der Waals surface area contributed by atoms with Gasteiger partial charge in [-0.2, -0.15) is 0 Å². The fourth-order valence-electron chi connectivity index (χ4n) is 2.41. The Morgan fingerprint density at radius 2 is 1.43 bits per heavy atom. The summed E-state index contributed by atoms with van der Waals surface area (Å²) in [5.41, 5.74) is 0. The summed E-state index contributed by atoms with van der Waals surface area (Å²) >= 11 is 0. The van der Waals surface area contributed by atoms with Crippen LogP contribution >= 0.6 is 0 Å². The summed E-state index contributed by atoms with van der Waals surface area (Å²) in [4.78, 5) is 2.37. The lowest BCUT2D eigenvalue weighted by atomic mass is 9.79. The van der Waals surface area contributed by atoms with E-state index in [9.17, 15) is 0 Å². The van der Waals surface area contributed by atoms with E-state index < -0.39 is 0 Å². The highest BCUT2D eigenvalue weighted by Gasteiger charge is 2.35. The molecule has 0 aliphatic carbocycles. The Morgan fingerprint density at radius 1 is 1.07 bits per heavy atom. The predicted octanol–water partition coefficient (Wildman–Crippen LogP) is 2.16. The molecular weight excluding hydrogens is 186 g/mol. The molecule has 2 heteroatoms. The molecule has 0 saturated carbocycles. The Kier molecular flexibility index (Phi) is 5.99. The van der Waals surface area contributed by atoms with Gasteiger partial charge in [0.15, 0.2) is 0 Å². The molecule has 0 heterocycles. The van der Waals surface area contributed by atoms with Gasteiger partial charge in [0.1, 0.15) is 0 Å². The molecule has 0 rings (SSSR count). The van der Waals surface area contributed by atoms with Crippen LogP contribution in [-0.4, -0.2) is 35.8 Å². The zero-order valence-electron chi connectivity index (χ0n) is 11.2. The maximum Gasteiger partial charge on any atom is 0.0130 e. The van der Waals surface area contributed by atoms with Crippen LogP contribution in [0.3, 0.4) is 0 Å². The van der Waals surface area contributed by atoms with Gasteiger partial charge in [-0.25, -0.2) is 0 Å². The summed E-state index contributed by atoms with van der Waals surface area (Å²) in [6.45, 7) is 10.8. The molecule has 14 heavy (non-hydrogen) atoms. The highest BCUT2D eigenvalue weighted by molar-refractivity contribution is 6.15. The average Bonchev–Trinajstić information content (AvgIpc) is 2.13. The van der Waals surface area contributed by atoms with Gasteiger partial charge in [0.2, 0.25) is 0 Å². The van der Waals surface area contributed by atoms with Crippen molar-refractivity contribution in [1.82, 2.24) is 4.90 Å². The van der Waals surface area contributed by atoms with E-state index in [1.54, 1.807) is 0 Å². The Morgan fingerprint density at radius 3 is 1.64 bits per heavy atom. The van der Waals surface area contributed by atoms with E-state index >= 15 is 0 Å². The summed E-state index contributed by atoms with van der Waals surface area (Å²) in [6, 6.07) is 0. The third kappa shape index (κ3) is 3.39. The van der Waals surface area contributed by atoms with E-state index in [0.717, 1.165) is 11.8 Å². The van der Waals surface area contributed by atoms with Crippen molar-refractivity contribution >= 4 is 10.2 Å². The zero-order chi connectivity index (χ0) is 11.4.